The fourth-order valence-corrected chi connectivity index (χ4v) is 2.79. The van der Waals surface area contributed by atoms with Gasteiger partial charge in [0.1, 0.15) is 0 Å². The van der Waals surface area contributed by atoms with E-state index in [1.807, 2.05) is 12.3 Å². The summed E-state index contributed by atoms with van der Waals surface area (Å²) in [7, 11) is 0. The van der Waals surface area contributed by atoms with Crippen LogP contribution in [0.3, 0.4) is 0 Å². The molecule has 1 aromatic carbocycles. The van der Waals surface area contributed by atoms with Crippen molar-refractivity contribution >= 4 is 22.1 Å². The third-order valence-corrected chi connectivity index (χ3v) is 3.76. The maximum absolute atomic E-state index is 5.72. The van der Waals surface area contributed by atoms with Gasteiger partial charge in [-0.15, -0.1) is 11.3 Å². The van der Waals surface area contributed by atoms with Crippen LogP contribution in [-0.2, 0) is 6.54 Å². The highest BCUT2D eigenvalue weighted by Gasteiger charge is 2.08. The standard InChI is InChI=1S/C14H12N2S/c15-8-13-11-5-2-1-4-10(11)12(9-16-13)14-6-3-7-17-14/h1-7,9H,8,15H2. The van der Waals surface area contributed by atoms with Crippen LogP contribution in [0, 0.1) is 0 Å². The van der Waals surface area contributed by atoms with Crippen molar-refractivity contribution in [3.05, 3.63) is 53.7 Å². The summed E-state index contributed by atoms with van der Waals surface area (Å²) in [6.45, 7) is 0.477. The largest absolute Gasteiger partial charge is 0.325 e. The van der Waals surface area contributed by atoms with E-state index in [9.17, 15) is 0 Å². The van der Waals surface area contributed by atoms with Gasteiger partial charge in [-0.05, 0) is 16.8 Å². The first-order chi connectivity index (χ1) is 8.40. The van der Waals surface area contributed by atoms with Crippen molar-refractivity contribution in [3.63, 3.8) is 0 Å². The molecule has 0 aliphatic carbocycles. The summed E-state index contributed by atoms with van der Waals surface area (Å²) in [5, 5.41) is 4.47. The average Bonchev–Trinajstić information content (AvgIpc) is 2.91. The molecule has 0 radical (unpaired) electrons. The third kappa shape index (κ3) is 1.73. The summed E-state index contributed by atoms with van der Waals surface area (Å²) in [6, 6.07) is 12.5. The molecule has 0 saturated heterocycles. The molecule has 84 valence electrons. The van der Waals surface area contributed by atoms with Crippen molar-refractivity contribution in [2.24, 2.45) is 5.73 Å². The maximum atomic E-state index is 5.72. The van der Waals surface area contributed by atoms with Crippen molar-refractivity contribution in [2.75, 3.05) is 0 Å². The maximum Gasteiger partial charge on any atom is 0.0618 e. The molecule has 0 aliphatic rings. The Morgan fingerprint density at radius 2 is 1.88 bits per heavy atom. The Morgan fingerprint density at radius 1 is 1.06 bits per heavy atom. The van der Waals surface area contributed by atoms with E-state index in [0.717, 1.165) is 11.1 Å². The van der Waals surface area contributed by atoms with Crippen LogP contribution in [0.2, 0.25) is 0 Å². The molecule has 2 heterocycles. The lowest BCUT2D eigenvalue weighted by atomic mass is 10.0. The number of benzene rings is 1. The Kier molecular flexibility index (Phi) is 2.63. The molecule has 0 aliphatic heterocycles. The fourth-order valence-electron chi connectivity index (χ4n) is 2.04. The van der Waals surface area contributed by atoms with Crippen LogP contribution in [0.1, 0.15) is 5.69 Å². The first-order valence-corrected chi connectivity index (χ1v) is 6.38. The molecule has 0 fully saturated rings. The molecule has 0 unspecified atom stereocenters. The van der Waals surface area contributed by atoms with E-state index in [1.165, 1.54) is 15.8 Å². The number of aromatic nitrogens is 1. The van der Waals surface area contributed by atoms with Crippen molar-refractivity contribution in [3.8, 4) is 10.4 Å². The summed E-state index contributed by atoms with van der Waals surface area (Å²) < 4.78 is 0. The monoisotopic (exact) mass is 240 g/mol. The van der Waals surface area contributed by atoms with Gasteiger partial charge in [-0.2, -0.15) is 0 Å². The molecule has 0 spiro atoms. The number of nitrogens with zero attached hydrogens (tertiary/aromatic N) is 1. The molecule has 2 N–H and O–H groups in total. The van der Waals surface area contributed by atoms with E-state index < -0.39 is 0 Å². The summed E-state index contributed by atoms with van der Waals surface area (Å²) in [5.74, 6) is 0. The van der Waals surface area contributed by atoms with Gasteiger partial charge in [-0.25, -0.2) is 0 Å². The molecule has 0 bridgehead atoms. The second kappa shape index (κ2) is 4.28. The fraction of sp³-hybridized carbons (Fsp3) is 0.0714. The van der Waals surface area contributed by atoms with Crippen molar-refractivity contribution in [1.29, 1.82) is 0 Å². The highest BCUT2D eigenvalue weighted by atomic mass is 32.1. The Labute approximate surface area is 104 Å². The number of rotatable bonds is 2. The van der Waals surface area contributed by atoms with Gasteiger partial charge in [-0.3, -0.25) is 4.98 Å². The smallest absolute Gasteiger partial charge is 0.0618 e. The van der Waals surface area contributed by atoms with Crippen molar-refractivity contribution < 1.29 is 0 Å². The highest BCUT2D eigenvalue weighted by molar-refractivity contribution is 7.13. The quantitative estimate of drug-likeness (QED) is 0.745. The van der Waals surface area contributed by atoms with E-state index in [1.54, 1.807) is 11.3 Å². The second-order valence-electron chi connectivity index (χ2n) is 3.85. The first-order valence-electron chi connectivity index (χ1n) is 5.50. The molecule has 2 aromatic heterocycles. The van der Waals surface area contributed by atoms with E-state index in [4.69, 9.17) is 5.73 Å². The summed E-state index contributed by atoms with van der Waals surface area (Å²) in [4.78, 5) is 5.71. The van der Waals surface area contributed by atoms with Gasteiger partial charge >= 0.3 is 0 Å². The van der Waals surface area contributed by atoms with Crippen LogP contribution in [0.25, 0.3) is 21.2 Å². The molecule has 2 nitrogen and oxygen atoms in total. The second-order valence-corrected chi connectivity index (χ2v) is 4.79. The minimum atomic E-state index is 0.477. The molecular formula is C14H12N2S. The molecule has 0 atom stereocenters. The summed E-state index contributed by atoms with van der Waals surface area (Å²) in [5.41, 5.74) is 7.87. The van der Waals surface area contributed by atoms with E-state index in [-0.39, 0.29) is 0 Å². The van der Waals surface area contributed by atoms with E-state index in [0.29, 0.717) is 6.54 Å². The predicted molar refractivity (Wildman–Crippen MR) is 72.9 cm³/mol. The number of thiophene rings is 1. The molecule has 0 saturated carbocycles. The van der Waals surface area contributed by atoms with Crippen LogP contribution in [-0.4, -0.2) is 4.98 Å². The molecular weight excluding hydrogens is 228 g/mol. The van der Waals surface area contributed by atoms with Crippen LogP contribution < -0.4 is 5.73 Å². The highest BCUT2D eigenvalue weighted by Crippen LogP contribution is 2.32. The number of nitrogens with two attached hydrogens (primary N) is 1. The number of fused-ring (bicyclic) bond motifs is 1. The lowest BCUT2D eigenvalue weighted by Crippen LogP contribution is -2.00. The Bertz CT molecular complexity index is 644. The minimum absolute atomic E-state index is 0.477. The SMILES string of the molecule is NCc1ncc(-c2cccs2)c2ccccc12. The number of hydrogen-bond donors (Lipinski definition) is 1. The minimum Gasteiger partial charge on any atom is -0.325 e. The van der Waals surface area contributed by atoms with Gasteiger partial charge in [0.25, 0.3) is 0 Å². The first kappa shape index (κ1) is 10.4. The van der Waals surface area contributed by atoms with Crippen molar-refractivity contribution in [1.82, 2.24) is 4.98 Å². The average molecular weight is 240 g/mol. The predicted octanol–water partition coefficient (Wildman–Crippen LogP) is 3.42. The van der Waals surface area contributed by atoms with Gasteiger partial charge in [0.15, 0.2) is 0 Å². The Balaban J connectivity index is 2.34. The van der Waals surface area contributed by atoms with Gasteiger partial charge < -0.3 is 5.73 Å². The van der Waals surface area contributed by atoms with Crippen molar-refractivity contribution in [2.45, 2.75) is 6.54 Å². The topological polar surface area (TPSA) is 38.9 Å². The lowest BCUT2D eigenvalue weighted by Gasteiger charge is -2.07. The van der Waals surface area contributed by atoms with Crippen LogP contribution >= 0.6 is 11.3 Å². The molecule has 3 rings (SSSR count). The van der Waals surface area contributed by atoms with E-state index in [2.05, 4.69) is 40.7 Å². The van der Waals surface area contributed by atoms with E-state index >= 15 is 0 Å². The molecule has 0 amide bonds. The zero-order valence-corrected chi connectivity index (χ0v) is 10.1. The zero-order chi connectivity index (χ0) is 11.7. The van der Waals surface area contributed by atoms with Gasteiger partial charge in [0.2, 0.25) is 0 Å². The van der Waals surface area contributed by atoms with Gasteiger partial charge in [0.05, 0.1) is 5.69 Å². The summed E-state index contributed by atoms with van der Waals surface area (Å²) in [6.07, 6.45) is 1.93. The normalized spacial score (nSPS) is 10.9. The summed E-state index contributed by atoms with van der Waals surface area (Å²) >= 11 is 1.73. The van der Waals surface area contributed by atoms with Gasteiger partial charge in [0, 0.05) is 28.6 Å². The molecule has 17 heavy (non-hydrogen) atoms. The Hall–Kier alpha value is -1.71. The van der Waals surface area contributed by atoms with Crippen LogP contribution in [0.4, 0.5) is 0 Å². The Morgan fingerprint density at radius 3 is 2.59 bits per heavy atom. The third-order valence-electron chi connectivity index (χ3n) is 2.86. The zero-order valence-electron chi connectivity index (χ0n) is 9.26. The molecule has 3 heteroatoms. The number of pyridine rings is 1. The molecule has 3 aromatic rings. The number of hydrogen-bond acceptors (Lipinski definition) is 3. The van der Waals surface area contributed by atoms with Gasteiger partial charge in [-0.1, -0.05) is 30.3 Å². The lowest BCUT2D eigenvalue weighted by molar-refractivity contribution is 1.01. The van der Waals surface area contributed by atoms with Crippen LogP contribution in [0.5, 0.6) is 0 Å². The van der Waals surface area contributed by atoms with Crippen LogP contribution in [0.15, 0.2) is 48.0 Å².